The summed E-state index contributed by atoms with van der Waals surface area (Å²) in [5, 5.41) is 3.90. The van der Waals surface area contributed by atoms with E-state index in [0.717, 1.165) is 5.56 Å². The van der Waals surface area contributed by atoms with Crippen molar-refractivity contribution < 1.29 is 9.53 Å². The van der Waals surface area contributed by atoms with Gasteiger partial charge in [-0.15, -0.1) is 0 Å². The zero-order valence-electron chi connectivity index (χ0n) is 11.4. The molecule has 0 fully saturated rings. The summed E-state index contributed by atoms with van der Waals surface area (Å²) in [6.07, 6.45) is 0. The second-order valence-electron chi connectivity index (χ2n) is 4.52. The Balaban J connectivity index is 2.03. The van der Waals surface area contributed by atoms with Crippen LogP contribution in [0, 0.1) is 6.92 Å². The minimum Gasteiger partial charge on any atom is -0.482 e. The summed E-state index contributed by atoms with van der Waals surface area (Å²) in [6, 6.07) is 8.28. The number of amides is 1. The normalized spacial score (nSPS) is 10.4. The Morgan fingerprint density at radius 3 is 2.32 bits per heavy atom. The highest BCUT2D eigenvalue weighted by molar-refractivity contribution is 6.42. The minimum absolute atomic E-state index is 0.224. The largest absolute Gasteiger partial charge is 0.482 e. The predicted molar refractivity (Wildman–Crippen MR) is 91.8 cm³/mol. The summed E-state index contributed by atoms with van der Waals surface area (Å²) in [5.41, 5.74) is 1.26. The second-order valence-corrected chi connectivity index (χ2v) is 6.17. The average Bonchev–Trinajstić information content (AvgIpc) is 2.44. The van der Waals surface area contributed by atoms with Crippen LogP contribution in [0.5, 0.6) is 5.75 Å². The molecule has 116 valence electrons. The predicted octanol–water partition coefficient (Wildman–Crippen LogP) is 5.63. The molecular formula is C15H11Cl4NO2. The number of nitrogens with one attached hydrogen (secondary N) is 1. The molecule has 0 saturated carbocycles. The fraction of sp³-hybridized carbons (Fsp3) is 0.133. The molecule has 0 bridgehead atoms. The molecule has 1 N–H and O–H groups in total. The first-order valence-electron chi connectivity index (χ1n) is 6.20. The number of carbonyl (C=O) groups is 1. The summed E-state index contributed by atoms with van der Waals surface area (Å²) >= 11 is 23.8. The van der Waals surface area contributed by atoms with Crippen molar-refractivity contribution in [3.63, 3.8) is 0 Å². The van der Waals surface area contributed by atoms with Crippen molar-refractivity contribution in [2.24, 2.45) is 0 Å². The lowest BCUT2D eigenvalue weighted by atomic mass is 10.2. The van der Waals surface area contributed by atoms with Gasteiger partial charge in [0.1, 0.15) is 5.75 Å². The molecule has 0 radical (unpaired) electrons. The third-order valence-electron chi connectivity index (χ3n) is 2.72. The molecule has 0 atom stereocenters. The number of ether oxygens (including phenoxy) is 1. The Bertz CT molecular complexity index is 696. The summed E-state index contributed by atoms with van der Waals surface area (Å²) < 4.78 is 5.40. The van der Waals surface area contributed by atoms with E-state index in [9.17, 15) is 4.79 Å². The molecule has 1 amide bonds. The first-order chi connectivity index (χ1) is 10.4. The molecule has 0 aliphatic rings. The van der Waals surface area contributed by atoms with Crippen molar-refractivity contribution in [1.29, 1.82) is 0 Å². The molecule has 0 aromatic heterocycles. The summed E-state index contributed by atoms with van der Waals surface area (Å²) in [4.78, 5) is 11.9. The highest BCUT2D eigenvalue weighted by Crippen LogP contribution is 2.33. The summed E-state index contributed by atoms with van der Waals surface area (Å²) in [5.74, 6) is 0.0220. The molecule has 2 rings (SSSR count). The molecule has 0 aliphatic carbocycles. The zero-order valence-corrected chi connectivity index (χ0v) is 14.4. The van der Waals surface area contributed by atoms with E-state index in [1.165, 1.54) is 12.1 Å². The summed E-state index contributed by atoms with van der Waals surface area (Å²) in [6.45, 7) is 1.68. The van der Waals surface area contributed by atoms with Crippen LogP contribution in [0.4, 0.5) is 5.69 Å². The van der Waals surface area contributed by atoms with Gasteiger partial charge in [-0.05, 0) is 36.8 Å². The summed E-state index contributed by atoms with van der Waals surface area (Å²) in [7, 11) is 0. The minimum atomic E-state index is -0.413. The maximum Gasteiger partial charge on any atom is 0.262 e. The maximum atomic E-state index is 11.9. The van der Waals surface area contributed by atoms with Gasteiger partial charge in [-0.2, -0.15) is 0 Å². The Hall–Kier alpha value is -1.13. The van der Waals surface area contributed by atoms with Crippen LogP contribution >= 0.6 is 46.4 Å². The van der Waals surface area contributed by atoms with Crippen molar-refractivity contribution in [1.82, 2.24) is 0 Å². The standard InChI is InChI=1S/C15H11Cl4NO2/c1-8-2-3-10(17)13(4-8)22-7-14(21)20-15-11(18)5-9(16)6-12(15)19/h2-6H,7H2,1H3,(H,20,21). The van der Waals surface area contributed by atoms with Crippen molar-refractivity contribution in [3.8, 4) is 5.75 Å². The number of anilines is 1. The van der Waals surface area contributed by atoms with Gasteiger partial charge in [-0.25, -0.2) is 0 Å². The Kier molecular flexibility index (Phi) is 5.81. The van der Waals surface area contributed by atoms with Gasteiger partial charge in [0.2, 0.25) is 0 Å². The van der Waals surface area contributed by atoms with Gasteiger partial charge in [0.25, 0.3) is 5.91 Å². The van der Waals surface area contributed by atoms with Crippen molar-refractivity contribution in [2.45, 2.75) is 6.92 Å². The van der Waals surface area contributed by atoms with Crippen molar-refractivity contribution in [3.05, 3.63) is 56.0 Å². The fourth-order valence-electron chi connectivity index (χ4n) is 1.70. The molecular weight excluding hydrogens is 368 g/mol. The van der Waals surface area contributed by atoms with Crippen LogP contribution in [-0.2, 0) is 4.79 Å². The number of aryl methyl sites for hydroxylation is 1. The van der Waals surface area contributed by atoms with Crippen LogP contribution in [0.15, 0.2) is 30.3 Å². The quantitative estimate of drug-likeness (QED) is 0.748. The smallest absolute Gasteiger partial charge is 0.262 e. The molecule has 22 heavy (non-hydrogen) atoms. The van der Waals surface area contributed by atoms with Crippen LogP contribution in [0.25, 0.3) is 0 Å². The lowest BCUT2D eigenvalue weighted by Gasteiger charge is -2.11. The van der Waals surface area contributed by atoms with Crippen LogP contribution < -0.4 is 10.1 Å². The lowest BCUT2D eigenvalue weighted by Crippen LogP contribution is -2.20. The van der Waals surface area contributed by atoms with E-state index in [1.54, 1.807) is 12.1 Å². The van der Waals surface area contributed by atoms with Gasteiger partial charge >= 0.3 is 0 Å². The van der Waals surface area contributed by atoms with E-state index in [1.807, 2.05) is 13.0 Å². The van der Waals surface area contributed by atoms with E-state index in [-0.39, 0.29) is 22.3 Å². The first-order valence-corrected chi connectivity index (χ1v) is 7.71. The molecule has 7 heteroatoms. The van der Waals surface area contributed by atoms with Crippen LogP contribution in [0.1, 0.15) is 5.56 Å². The first kappa shape index (κ1) is 17.2. The number of rotatable bonds is 4. The molecule has 0 heterocycles. The zero-order chi connectivity index (χ0) is 16.3. The second kappa shape index (κ2) is 7.42. The molecule has 0 saturated heterocycles. The number of hydrogen-bond acceptors (Lipinski definition) is 2. The van der Waals surface area contributed by atoms with E-state index in [0.29, 0.717) is 15.8 Å². The number of halogens is 4. The van der Waals surface area contributed by atoms with E-state index < -0.39 is 5.91 Å². The number of benzene rings is 2. The third-order valence-corrected chi connectivity index (χ3v) is 3.84. The Morgan fingerprint density at radius 1 is 1.05 bits per heavy atom. The van der Waals surface area contributed by atoms with Gasteiger partial charge in [0, 0.05) is 5.02 Å². The molecule has 2 aromatic carbocycles. The van der Waals surface area contributed by atoms with E-state index in [4.69, 9.17) is 51.1 Å². The van der Waals surface area contributed by atoms with Crippen molar-refractivity contribution in [2.75, 3.05) is 11.9 Å². The van der Waals surface area contributed by atoms with Crippen molar-refractivity contribution >= 4 is 58.0 Å². The van der Waals surface area contributed by atoms with Crippen LogP contribution in [0.2, 0.25) is 20.1 Å². The van der Waals surface area contributed by atoms with Crippen LogP contribution in [0.3, 0.4) is 0 Å². The third kappa shape index (κ3) is 4.43. The van der Waals surface area contributed by atoms with Crippen LogP contribution in [-0.4, -0.2) is 12.5 Å². The maximum absolute atomic E-state index is 11.9. The number of carbonyl (C=O) groups excluding carboxylic acids is 1. The topological polar surface area (TPSA) is 38.3 Å². The monoisotopic (exact) mass is 377 g/mol. The van der Waals surface area contributed by atoms with Gasteiger partial charge < -0.3 is 10.1 Å². The van der Waals surface area contributed by atoms with Gasteiger partial charge in [0.15, 0.2) is 6.61 Å². The molecule has 0 unspecified atom stereocenters. The fourth-order valence-corrected chi connectivity index (χ4v) is 2.79. The molecule has 3 nitrogen and oxygen atoms in total. The van der Waals surface area contributed by atoms with Gasteiger partial charge in [-0.1, -0.05) is 52.5 Å². The van der Waals surface area contributed by atoms with E-state index in [2.05, 4.69) is 5.32 Å². The highest BCUT2D eigenvalue weighted by atomic mass is 35.5. The Labute approximate surface area is 148 Å². The average molecular weight is 379 g/mol. The van der Waals surface area contributed by atoms with Gasteiger partial charge in [0.05, 0.1) is 20.8 Å². The highest BCUT2D eigenvalue weighted by Gasteiger charge is 2.12. The van der Waals surface area contributed by atoms with Gasteiger partial charge in [-0.3, -0.25) is 4.79 Å². The Morgan fingerprint density at radius 2 is 1.68 bits per heavy atom. The SMILES string of the molecule is Cc1ccc(Cl)c(OCC(=O)Nc2c(Cl)cc(Cl)cc2Cl)c1. The van der Waals surface area contributed by atoms with E-state index >= 15 is 0 Å². The molecule has 0 spiro atoms. The molecule has 0 aliphatic heterocycles. The molecule has 2 aromatic rings. The lowest BCUT2D eigenvalue weighted by molar-refractivity contribution is -0.118. The number of hydrogen-bond donors (Lipinski definition) is 1.